The van der Waals surface area contributed by atoms with E-state index in [4.69, 9.17) is 66.8 Å². The average Bonchev–Trinajstić information content (AvgIpc) is 0.979. The molecule has 0 bridgehead atoms. The fourth-order valence-electron chi connectivity index (χ4n) is 7.59. The predicted molar refractivity (Wildman–Crippen MR) is 305 cm³/mol. The van der Waals surface area contributed by atoms with E-state index in [0.717, 1.165) is 29.8 Å². The molecule has 0 spiro atoms. The van der Waals surface area contributed by atoms with Crippen LogP contribution in [0.4, 0.5) is 110 Å². The zero-order chi connectivity index (χ0) is 77.7. The fourth-order valence-corrected chi connectivity index (χ4v) is 7.81. The molecule has 0 unspecified atom stereocenters. The third-order valence-corrected chi connectivity index (χ3v) is 12.0. The summed E-state index contributed by atoms with van der Waals surface area (Å²) in [6.45, 7) is -10.7. The first-order valence-corrected chi connectivity index (χ1v) is 29.3. The van der Waals surface area contributed by atoms with Gasteiger partial charge in [-0.1, -0.05) is 91.3 Å². The third-order valence-electron chi connectivity index (χ3n) is 11.5. The monoisotopic (exact) mass is 1770 g/mol. The van der Waals surface area contributed by atoms with Gasteiger partial charge in [-0.25, -0.2) is 8.78 Å². The molecule has 102 heavy (non-hydrogen) atoms. The van der Waals surface area contributed by atoms with Crippen LogP contribution in [0.25, 0.3) is 0 Å². The summed E-state index contributed by atoms with van der Waals surface area (Å²) in [5.41, 5.74) is 5.35. The second-order valence-electron chi connectivity index (χ2n) is 18.5. The van der Waals surface area contributed by atoms with Gasteiger partial charge in [-0.3, -0.25) is 9.97 Å². The van der Waals surface area contributed by atoms with Crippen LogP contribution in [0.1, 0.15) is 53.9 Å². The molecule has 1 aliphatic rings. The Morgan fingerprint density at radius 2 is 0.833 bits per heavy atom. The molecule has 0 aliphatic heterocycles. The first-order valence-electron chi connectivity index (χ1n) is 25.6. The number of ether oxygens (including phenoxy) is 2. The smallest absolute Gasteiger partial charge is 0.428 e. The van der Waals surface area contributed by atoms with E-state index in [-0.39, 0.29) is 95.6 Å². The number of nitrogens with two attached hydrogens (primary N) is 1. The van der Waals surface area contributed by atoms with Crippen molar-refractivity contribution in [1.29, 1.82) is 0 Å². The first-order chi connectivity index (χ1) is 45.9. The van der Waals surface area contributed by atoms with Gasteiger partial charge in [0.1, 0.15) is 23.1 Å². The van der Waals surface area contributed by atoms with Crippen molar-refractivity contribution in [2.45, 2.75) is 87.5 Å². The summed E-state index contributed by atoms with van der Waals surface area (Å²) in [7, 11) is -9.33. The number of aliphatic hydroxyl groups is 1. The molecule has 7 rings (SSSR count). The molecule has 0 saturated heterocycles. The van der Waals surface area contributed by atoms with Crippen LogP contribution in [0, 0.1) is 84.5 Å². The molecule has 1 fully saturated rings. The van der Waals surface area contributed by atoms with E-state index < -0.39 is 148 Å². The maximum Gasteiger partial charge on any atom is 3.00 e. The van der Waals surface area contributed by atoms with Crippen molar-refractivity contribution in [2.24, 2.45) is 11.7 Å². The summed E-state index contributed by atoms with van der Waals surface area (Å²) in [6.07, 6.45) is -26.1. The topological polar surface area (TPSA) is 256 Å². The predicted octanol–water partition coefficient (Wildman–Crippen LogP) is 15.4. The van der Waals surface area contributed by atoms with E-state index in [9.17, 15) is 115 Å². The number of rotatable bonds is 19. The SMILES string of the molecule is C.FC(F)(F)C1CC1.F[C-](F)F.F[C-](F)F.F[C-](F)F.NC[C@@](Cc1ccccc1)(c1cc(F)cc(OC(F)(F)C(F)F)c1)c1ccc(Cl)cn1.O=S(=O)=O.O=S(=O)=O.O=S(=O)=O.O[C@H](CNC[C@@](Cc1ccccc1)(c1cc(F)cc(OC(F)(F)C(F)F)c1)c1ccc(Cl)cn1)C(F)(F)F.[Yb+3]. The Kier molecular flexibility index (Phi) is 49.7. The number of halogens is 27. The molecule has 3 atom stereocenters. The molecule has 2 aromatic heterocycles. The summed E-state index contributed by atoms with van der Waals surface area (Å²) in [4.78, 5) is 8.56. The van der Waals surface area contributed by atoms with Crippen molar-refractivity contribution in [3.8, 4) is 11.5 Å². The largest absolute Gasteiger partial charge is 3.00 e. The van der Waals surface area contributed by atoms with E-state index in [1.165, 1.54) is 24.5 Å². The van der Waals surface area contributed by atoms with E-state index in [0.29, 0.717) is 41.3 Å². The number of nitrogens with zero attached hydrogens (tertiary/aromatic N) is 2. The summed E-state index contributed by atoms with van der Waals surface area (Å²) in [5, 5.41) is 12.5. The Balaban J connectivity index is -0.000000660. The molecule has 47 heteroatoms. The van der Waals surface area contributed by atoms with E-state index in [1.54, 1.807) is 54.6 Å². The second kappa shape index (κ2) is 49.6. The summed E-state index contributed by atoms with van der Waals surface area (Å²) < 4.78 is 377. The molecule has 16 nitrogen and oxygen atoms in total. The minimum Gasteiger partial charge on any atom is -0.428 e. The van der Waals surface area contributed by atoms with Gasteiger partial charge in [-0.15, -0.1) is 37.9 Å². The van der Waals surface area contributed by atoms with Crippen LogP contribution >= 0.6 is 23.2 Å². The van der Waals surface area contributed by atoms with Crippen LogP contribution in [0.2, 0.25) is 10.0 Å². The van der Waals surface area contributed by atoms with E-state index >= 15 is 0 Å². The Hall–Kier alpha value is -6.13. The molecule has 6 aromatic rings. The molecule has 4 aromatic carbocycles. The number of nitrogens with one attached hydrogen (secondary N) is 1. The Morgan fingerprint density at radius 1 is 0.529 bits per heavy atom. The summed E-state index contributed by atoms with van der Waals surface area (Å²) in [5.74, 6) is -4.72. The van der Waals surface area contributed by atoms with Crippen molar-refractivity contribution in [3.05, 3.63) is 209 Å². The Morgan fingerprint density at radius 3 is 1.09 bits per heavy atom. The first kappa shape index (κ1) is 102. The van der Waals surface area contributed by atoms with Crippen molar-refractivity contribution in [2.75, 3.05) is 19.6 Å². The van der Waals surface area contributed by atoms with Crippen molar-refractivity contribution in [3.63, 3.8) is 0 Å². The van der Waals surface area contributed by atoms with Crippen LogP contribution in [0.15, 0.2) is 134 Å². The van der Waals surface area contributed by atoms with Crippen LogP contribution in [0.5, 0.6) is 11.5 Å². The maximum atomic E-state index is 14.7. The number of hydrogen-bond acceptors (Lipinski definition) is 16. The fraction of sp³-hybridized carbons (Fsp3) is 0.327. The zero-order valence-electron chi connectivity index (χ0n) is 49.1. The molecule has 1 radical (unpaired) electrons. The van der Waals surface area contributed by atoms with Gasteiger partial charge in [-0.05, 0) is 96.5 Å². The molecule has 1 aliphatic carbocycles. The average molecular weight is 1770 g/mol. The number of benzene rings is 4. The van der Waals surface area contributed by atoms with Gasteiger partial charge in [0.15, 0.2) is 26.1 Å². The number of hydrogen-bond donors (Lipinski definition) is 3. The summed E-state index contributed by atoms with van der Waals surface area (Å²) >= 11 is 11.9. The molecular weight excluding hydrogens is 1720 g/mol. The molecule has 4 N–H and O–H groups in total. The molecule has 2 heterocycles. The zero-order valence-corrected chi connectivity index (χ0v) is 54.7. The number of aromatic nitrogens is 2. The molecule has 0 amide bonds. The minimum atomic E-state index is -4.94. The van der Waals surface area contributed by atoms with Crippen LogP contribution in [-0.2, 0) is 55.5 Å². The van der Waals surface area contributed by atoms with Gasteiger partial charge in [-0.2, -0.15) is 61.5 Å². The van der Waals surface area contributed by atoms with Crippen molar-refractivity contribution >= 4 is 55.0 Å². The van der Waals surface area contributed by atoms with Crippen LogP contribution in [0.3, 0.4) is 0 Å². The summed E-state index contributed by atoms with van der Waals surface area (Å²) in [6, 6.07) is 28.5. The Bertz CT molecular complexity index is 3590. The molecular formula is C55H48Cl2F25N4O12S3Yb. The number of aliphatic hydroxyl groups excluding tert-OH is 1. The van der Waals surface area contributed by atoms with Gasteiger partial charge in [0, 0.05) is 44.2 Å². The van der Waals surface area contributed by atoms with Crippen LogP contribution < -0.4 is 20.5 Å². The van der Waals surface area contributed by atoms with Gasteiger partial charge >= 0.3 is 116 Å². The van der Waals surface area contributed by atoms with E-state index in [1.807, 2.05) is 18.2 Å². The maximum absolute atomic E-state index is 14.7. The normalized spacial score (nSPS) is 13.0. The molecule has 1 saturated carbocycles. The Labute approximate surface area is 614 Å². The number of alkyl halides is 14. The van der Waals surface area contributed by atoms with Crippen LogP contribution in [-0.4, -0.2) is 116 Å². The number of pyridine rings is 2. The third kappa shape index (κ3) is 44.5. The van der Waals surface area contributed by atoms with Crippen molar-refractivity contribution in [1.82, 2.24) is 15.3 Å². The van der Waals surface area contributed by atoms with Crippen molar-refractivity contribution < 1.29 is 209 Å². The van der Waals surface area contributed by atoms with Gasteiger partial charge < -0.3 is 65.1 Å². The van der Waals surface area contributed by atoms with E-state index in [2.05, 4.69) is 24.8 Å². The molecule has 581 valence electrons. The van der Waals surface area contributed by atoms with Gasteiger partial charge in [0.25, 0.3) is 0 Å². The second-order valence-corrected chi connectivity index (χ2v) is 20.6. The minimum absolute atomic E-state index is 0. The van der Waals surface area contributed by atoms with Gasteiger partial charge in [0.05, 0.1) is 38.2 Å². The standard InChI is InChI=1S/C25H21ClF8N2O2.C22H18ClF5N2O.C4H5F3.3CF3.CH4.3O3S.Yb/c26-17-6-7-20(36-12-17)23(11-15-4-2-1-3-5-15,14-35-13-21(37)24(30,31)32)16-8-18(27)10-19(9-16)38-25(33,34)22(28)29;23-16-6-7-19(30-12-16)21(13-29,11-14-4-2-1-3-5-14)15-8-17(24)10-18(9-15)31-22(27,28)20(25)26;5-4(6,7)3-1-2-3;3*2-1(3)4;;3*1-4(2)3;/h1-10,12,21-22,35,37H,11,13-14H2;1-10,12,20H,11,13,29H2;3H,1-2H2;;;;1H4;;;;/q;;;3*-1;;;;;+3/t21-,23+;21-;;;;;;;;;/m10........./s1. The quantitative estimate of drug-likeness (QED) is 0.0503. The van der Waals surface area contributed by atoms with Gasteiger partial charge in [0.2, 0.25) is 0 Å².